The van der Waals surface area contributed by atoms with E-state index in [1.165, 1.54) is 13.0 Å². The zero-order valence-electron chi connectivity index (χ0n) is 6.93. The Bertz CT molecular complexity index is 180. The second-order valence-electron chi connectivity index (χ2n) is 3.17. The predicted octanol–water partition coefficient (Wildman–Crippen LogP) is 1.60. The largest absolute Gasteiger partial charge is 0.294 e. The number of carbonyl (C=O) groups is 1. The van der Waals surface area contributed by atoms with Crippen molar-refractivity contribution in [1.29, 1.82) is 0 Å². The van der Waals surface area contributed by atoms with Gasteiger partial charge >= 0.3 is 0 Å². The fourth-order valence-corrected chi connectivity index (χ4v) is 0.317. The van der Waals surface area contributed by atoms with Crippen LogP contribution in [0.3, 0.4) is 0 Å². The van der Waals surface area contributed by atoms with Crippen LogP contribution in [0.4, 0.5) is 0 Å². The first-order valence-electron chi connectivity index (χ1n) is 3.23. The van der Waals surface area contributed by atoms with E-state index in [0.29, 0.717) is 0 Å². The van der Waals surface area contributed by atoms with Crippen LogP contribution < -0.4 is 0 Å². The average molecular weight is 139 g/mol. The van der Waals surface area contributed by atoms with Gasteiger partial charge in [0.1, 0.15) is 0 Å². The molecule has 2 heteroatoms. The first-order chi connectivity index (χ1) is 4.42. The van der Waals surface area contributed by atoms with Gasteiger partial charge in [0.25, 0.3) is 0 Å². The summed E-state index contributed by atoms with van der Waals surface area (Å²) in [7, 11) is 0. The van der Waals surface area contributed by atoms with Crippen molar-refractivity contribution < 1.29 is 4.79 Å². The van der Waals surface area contributed by atoms with Gasteiger partial charge in [-0.15, -0.1) is 0 Å². The molecule has 0 heterocycles. The van der Waals surface area contributed by atoms with E-state index in [9.17, 15) is 4.79 Å². The molecule has 0 N–H and O–H groups in total. The molecule has 0 atom stereocenters. The molecule has 0 aromatic heterocycles. The molecule has 0 saturated carbocycles. The Morgan fingerprint density at radius 1 is 1.50 bits per heavy atom. The molecular formula is C8H13NO. The molecular weight excluding hydrogens is 126 g/mol. The maximum atomic E-state index is 10.4. The molecule has 0 rings (SSSR count). The van der Waals surface area contributed by atoms with Crippen molar-refractivity contribution >= 4 is 11.7 Å². The van der Waals surface area contributed by atoms with E-state index in [0.717, 1.165) is 0 Å². The van der Waals surface area contributed by atoms with Crippen LogP contribution in [0.1, 0.15) is 27.7 Å². The van der Waals surface area contributed by atoms with Crippen LogP contribution in [-0.2, 0) is 4.79 Å². The van der Waals surface area contributed by atoms with E-state index >= 15 is 0 Å². The van der Waals surface area contributed by atoms with Crippen molar-refractivity contribution in [3.05, 3.63) is 6.08 Å². The Morgan fingerprint density at radius 2 is 2.00 bits per heavy atom. The van der Waals surface area contributed by atoms with E-state index < -0.39 is 0 Å². The van der Waals surface area contributed by atoms with Crippen molar-refractivity contribution in [1.82, 2.24) is 0 Å². The van der Waals surface area contributed by atoms with Gasteiger partial charge in [-0.2, -0.15) is 0 Å². The smallest absolute Gasteiger partial charge is 0.161 e. The number of nitrogens with zero attached hydrogens (tertiary/aromatic N) is 1. The minimum absolute atomic E-state index is 0.0204. The Hall–Kier alpha value is -0.880. The molecule has 0 fully saturated rings. The van der Waals surface area contributed by atoms with E-state index in [2.05, 4.69) is 10.9 Å². The highest BCUT2D eigenvalue weighted by Gasteiger charge is 2.03. The highest BCUT2D eigenvalue weighted by Crippen LogP contribution is 2.03. The minimum Gasteiger partial charge on any atom is -0.294 e. The summed E-state index contributed by atoms with van der Waals surface area (Å²) in [5.74, 6) is 2.55. The van der Waals surface area contributed by atoms with Gasteiger partial charge in [0, 0.05) is 6.08 Å². The SMILES string of the molecule is CC(=O)C=C=NC(C)(C)C. The molecule has 0 amide bonds. The molecule has 0 aliphatic heterocycles. The third-order valence-electron chi connectivity index (χ3n) is 0.668. The van der Waals surface area contributed by atoms with Crippen LogP contribution in [-0.4, -0.2) is 17.2 Å². The van der Waals surface area contributed by atoms with Gasteiger partial charge in [0.15, 0.2) is 5.78 Å². The van der Waals surface area contributed by atoms with Gasteiger partial charge in [-0.1, -0.05) is 0 Å². The topological polar surface area (TPSA) is 29.4 Å². The van der Waals surface area contributed by atoms with Gasteiger partial charge < -0.3 is 0 Å². The number of aliphatic imine (C=N–C) groups is 1. The number of allylic oxidation sites excluding steroid dienone is 1. The molecule has 0 aliphatic carbocycles. The lowest BCUT2D eigenvalue weighted by Gasteiger charge is -2.07. The van der Waals surface area contributed by atoms with Crippen LogP contribution in [0, 0.1) is 0 Å². The summed E-state index contributed by atoms with van der Waals surface area (Å²) in [6.45, 7) is 7.33. The average Bonchev–Trinajstić information content (AvgIpc) is 1.59. The molecule has 0 aromatic carbocycles. The summed E-state index contributed by atoms with van der Waals surface area (Å²) in [6, 6.07) is 0. The molecule has 2 nitrogen and oxygen atoms in total. The van der Waals surface area contributed by atoms with Crippen LogP contribution in [0.5, 0.6) is 0 Å². The van der Waals surface area contributed by atoms with E-state index in [1.54, 1.807) is 0 Å². The fraction of sp³-hybridized carbons (Fsp3) is 0.625. The maximum Gasteiger partial charge on any atom is 0.161 e. The van der Waals surface area contributed by atoms with Crippen molar-refractivity contribution in [3.63, 3.8) is 0 Å². The first kappa shape index (κ1) is 9.12. The number of rotatable bonds is 1. The lowest BCUT2D eigenvalue weighted by atomic mass is 10.1. The number of hydrogen-bond acceptors (Lipinski definition) is 2. The van der Waals surface area contributed by atoms with E-state index in [1.807, 2.05) is 20.8 Å². The molecule has 0 aromatic rings. The number of ketones is 1. The zero-order chi connectivity index (χ0) is 8.20. The standard InChI is InChI=1S/C8H13NO/c1-7(10)5-6-9-8(2,3)4/h5H,1-4H3. The van der Waals surface area contributed by atoms with Crippen molar-refractivity contribution in [2.75, 3.05) is 0 Å². The first-order valence-corrected chi connectivity index (χ1v) is 3.23. The van der Waals surface area contributed by atoms with Gasteiger partial charge in [-0.05, 0) is 33.6 Å². The molecule has 0 aliphatic rings. The summed E-state index contributed by atoms with van der Waals surface area (Å²) < 4.78 is 0. The summed E-state index contributed by atoms with van der Waals surface area (Å²) >= 11 is 0. The van der Waals surface area contributed by atoms with Gasteiger partial charge in [-0.25, -0.2) is 4.99 Å². The molecule has 0 bridgehead atoms. The molecule has 0 spiro atoms. The molecule has 0 unspecified atom stereocenters. The highest BCUT2D eigenvalue weighted by atomic mass is 16.1. The van der Waals surface area contributed by atoms with Crippen LogP contribution in [0.15, 0.2) is 11.1 Å². The minimum atomic E-state index is -0.133. The molecule has 0 radical (unpaired) electrons. The fourth-order valence-electron chi connectivity index (χ4n) is 0.317. The lowest BCUT2D eigenvalue weighted by molar-refractivity contribution is -0.112. The lowest BCUT2D eigenvalue weighted by Crippen LogP contribution is -2.08. The Balaban J connectivity index is 4.12. The van der Waals surface area contributed by atoms with Gasteiger partial charge in [0.2, 0.25) is 0 Å². The Morgan fingerprint density at radius 3 is 2.30 bits per heavy atom. The monoisotopic (exact) mass is 139 g/mol. The number of carbonyl (C=O) groups excluding carboxylic acids is 1. The predicted molar refractivity (Wildman–Crippen MR) is 42.4 cm³/mol. The van der Waals surface area contributed by atoms with Gasteiger partial charge in [0.05, 0.1) is 5.54 Å². The maximum absolute atomic E-state index is 10.4. The third-order valence-corrected chi connectivity index (χ3v) is 0.668. The second kappa shape index (κ2) is 3.33. The second-order valence-corrected chi connectivity index (χ2v) is 3.17. The van der Waals surface area contributed by atoms with E-state index in [4.69, 9.17) is 0 Å². The summed E-state index contributed by atoms with van der Waals surface area (Å²) in [5.41, 5.74) is -0.133. The quantitative estimate of drug-likeness (QED) is 0.401. The molecule has 10 heavy (non-hydrogen) atoms. The van der Waals surface area contributed by atoms with Gasteiger partial charge in [-0.3, -0.25) is 4.79 Å². The third kappa shape index (κ3) is 7.12. The van der Waals surface area contributed by atoms with Crippen molar-refractivity contribution in [2.24, 2.45) is 4.99 Å². The van der Waals surface area contributed by atoms with Crippen LogP contribution in [0.2, 0.25) is 0 Å². The summed E-state index contributed by atoms with van der Waals surface area (Å²) in [6.07, 6.45) is 1.34. The zero-order valence-corrected chi connectivity index (χ0v) is 6.93. The Kier molecular flexibility index (Phi) is 3.04. The van der Waals surface area contributed by atoms with E-state index in [-0.39, 0.29) is 11.3 Å². The highest BCUT2D eigenvalue weighted by molar-refractivity contribution is 5.94. The molecule has 56 valence electrons. The molecule has 0 saturated heterocycles. The van der Waals surface area contributed by atoms with Crippen LogP contribution >= 0.6 is 0 Å². The number of hydrogen-bond donors (Lipinski definition) is 0. The van der Waals surface area contributed by atoms with Crippen LogP contribution in [0.25, 0.3) is 0 Å². The normalized spacial score (nSPS) is 10.0. The summed E-state index contributed by atoms with van der Waals surface area (Å²) in [4.78, 5) is 14.3. The van der Waals surface area contributed by atoms with Crippen molar-refractivity contribution in [3.8, 4) is 0 Å². The van der Waals surface area contributed by atoms with Crippen molar-refractivity contribution in [2.45, 2.75) is 33.2 Å². The summed E-state index contributed by atoms with van der Waals surface area (Å²) in [5, 5.41) is 0. The Labute approximate surface area is 61.7 Å².